The zero-order valence-electron chi connectivity index (χ0n) is 8.90. The Labute approximate surface area is 105 Å². The van der Waals surface area contributed by atoms with Gasteiger partial charge in [0.25, 0.3) is 0 Å². The molecule has 4 nitrogen and oxygen atoms in total. The van der Waals surface area contributed by atoms with E-state index in [0.29, 0.717) is 5.71 Å². The molecule has 17 heavy (non-hydrogen) atoms. The molecular weight excluding hydrogens is 286 g/mol. The van der Waals surface area contributed by atoms with Crippen molar-refractivity contribution < 1.29 is 14.3 Å². The number of carboxylic acid groups (broad SMARTS) is 1. The molecule has 1 aromatic carbocycles. The van der Waals surface area contributed by atoms with E-state index >= 15 is 0 Å². The Kier molecular flexibility index (Phi) is 2.06. The van der Waals surface area contributed by atoms with Crippen molar-refractivity contribution in [2.75, 3.05) is 0 Å². The van der Waals surface area contributed by atoms with Gasteiger partial charge in [0.1, 0.15) is 11.3 Å². The molecule has 0 aliphatic heterocycles. The quantitative estimate of drug-likeness (QED) is 0.748. The fourth-order valence-electron chi connectivity index (χ4n) is 2.01. The number of furan rings is 1. The van der Waals surface area contributed by atoms with Crippen LogP contribution in [-0.2, 0) is 7.05 Å². The van der Waals surface area contributed by atoms with Gasteiger partial charge < -0.3 is 14.1 Å². The lowest BCUT2D eigenvalue weighted by Crippen LogP contribution is -2.03. The molecule has 0 saturated heterocycles. The molecule has 2 aromatic heterocycles. The van der Waals surface area contributed by atoms with E-state index in [0.717, 1.165) is 20.8 Å². The molecule has 1 N–H and O–H groups in total. The number of fused-ring (bicyclic) bond motifs is 3. The Morgan fingerprint density at radius 3 is 2.82 bits per heavy atom. The van der Waals surface area contributed by atoms with E-state index in [-0.39, 0.29) is 5.69 Å². The number of nitrogens with zero attached hydrogens (tertiary/aromatic N) is 1. The normalized spacial score (nSPS) is 11.4. The van der Waals surface area contributed by atoms with Crippen LogP contribution in [0, 0.1) is 0 Å². The lowest BCUT2D eigenvalue weighted by atomic mass is 10.2. The van der Waals surface area contributed by atoms with E-state index in [2.05, 4.69) is 15.9 Å². The molecule has 0 amide bonds. The first-order valence-electron chi connectivity index (χ1n) is 4.98. The number of halogens is 1. The Morgan fingerprint density at radius 1 is 1.35 bits per heavy atom. The van der Waals surface area contributed by atoms with Gasteiger partial charge in [0, 0.05) is 22.3 Å². The van der Waals surface area contributed by atoms with Crippen molar-refractivity contribution in [3.8, 4) is 0 Å². The van der Waals surface area contributed by atoms with Gasteiger partial charge in [0.2, 0.25) is 5.71 Å². The van der Waals surface area contributed by atoms with E-state index in [4.69, 9.17) is 9.52 Å². The van der Waals surface area contributed by atoms with E-state index in [9.17, 15) is 4.79 Å². The number of carbonyl (C=O) groups is 1. The van der Waals surface area contributed by atoms with Crippen LogP contribution in [0.4, 0.5) is 0 Å². The van der Waals surface area contributed by atoms with Gasteiger partial charge >= 0.3 is 5.97 Å². The first-order chi connectivity index (χ1) is 8.08. The van der Waals surface area contributed by atoms with Gasteiger partial charge in [-0.05, 0) is 24.3 Å². The van der Waals surface area contributed by atoms with Crippen molar-refractivity contribution in [3.63, 3.8) is 0 Å². The van der Waals surface area contributed by atoms with E-state index in [1.807, 2.05) is 18.2 Å². The zero-order valence-corrected chi connectivity index (χ0v) is 10.5. The Morgan fingerprint density at radius 2 is 2.12 bits per heavy atom. The van der Waals surface area contributed by atoms with Crippen LogP contribution in [0.3, 0.4) is 0 Å². The molecule has 0 unspecified atom stereocenters. The Hall–Kier alpha value is -1.75. The number of aryl methyl sites for hydroxylation is 1. The molecule has 0 fully saturated rings. The van der Waals surface area contributed by atoms with Crippen molar-refractivity contribution in [1.82, 2.24) is 4.57 Å². The smallest absolute Gasteiger partial charge is 0.352 e. The van der Waals surface area contributed by atoms with Crippen LogP contribution >= 0.6 is 15.9 Å². The summed E-state index contributed by atoms with van der Waals surface area (Å²) < 4.78 is 8.13. The molecule has 5 heteroatoms. The van der Waals surface area contributed by atoms with E-state index in [1.165, 1.54) is 0 Å². The summed E-state index contributed by atoms with van der Waals surface area (Å²) in [6.45, 7) is 0. The summed E-state index contributed by atoms with van der Waals surface area (Å²) in [5.41, 5.74) is 1.56. The second-order valence-electron chi connectivity index (χ2n) is 3.86. The number of benzene rings is 1. The van der Waals surface area contributed by atoms with Crippen molar-refractivity contribution >= 4 is 44.0 Å². The second-order valence-corrected chi connectivity index (χ2v) is 4.77. The maximum Gasteiger partial charge on any atom is 0.352 e. The zero-order chi connectivity index (χ0) is 12.2. The van der Waals surface area contributed by atoms with Gasteiger partial charge in [-0.3, -0.25) is 0 Å². The molecule has 2 heterocycles. The molecule has 0 radical (unpaired) electrons. The van der Waals surface area contributed by atoms with Gasteiger partial charge in [-0.1, -0.05) is 15.9 Å². The van der Waals surface area contributed by atoms with E-state index < -0.39 is 5.97 Å². The van der Waals surface area contributed by atoms with Gasteiger partial charge in [-0.15, -0.1) is 0 Å². The Bertz CT molecular complexity index is 754. The fraction of sp³-hybridized carbons (Fsp3) is 0.0833. The summed E-state index contributed by atoms with van der Waals surface area (Å²) in [6.07, 6.45) is 0. The number of carboxylic acids is 1. The molecule has 0 spiro atoms. The van der Waals surface area contributed by atoms with Gasteiger partial charge in [0.05, 0.1) is 0 Å². The van der Waals surface area contributed by atoms with Crippen LogP contribution < -0.4 is 0 Å². The van der Waals surface area contributed by atoms with Crippen molar-refractivity contribution in [2.45, 2.75) is 0 Å². The number of hydrogen-bond acceptors (Lipinski definition) is 2. The summed E-state index contributed by atoms with van der Waals surface area (Å²) in [6, 6.07) is 7.31. The first kappa shape index (κ1) is 10.4. The molecule has 0 atom stereocenters. The predicted molar refractivity (Wildman–Crippen MR) is 67.4 cm³/mol. The van der Waals surface area contributed by atoms with Crippen LogP contribution in [0.15, 0.2) is 33.2 Å². The van der Waals surface area contributed by atoms with Crippen molar-refractivity contribution in [3.05, 3.63) is 34.4 Å². The van der Waals surface area contributed by atoms with Crippen molar-refractivity contribution in [1.29, 1.82) is 0 Å². The molecule has 0 aliphatic rings. The minimum Gasteiger partial charge on any atom is -0.477 e. The van der Waals surface area contributed by atoms with Crippen LogP contribution in [-0.4, -0.2) is 15.6 Å². The van der Waals surface area contributed by atoms with Gasteiger partial charge in [0.15, 0.2) is 0 Å². The molecular formula is C12H8BrNO3. The number of aromatic nitrogens is 1. The van der Waals surface area contributed by atoms with Crippen molar-refractivity contribution in [2.24, 2.45) is 7.05 Å². The average Bonchev–Trinajstić information content (AvgIpc) is 2.77. The number of hydrogen-bond donors (Lipinski definition) is 1. The highest BCUT2D eigenvalue weighted by molar-refractivity contribution is 9.10. The molecule has 0 saturated carbocycles. The highest BCUT2D eigenvalue weighted by Gasteiger charge is 2.17. The number of rotatable bonds is 1. The maximum atomic E-state index is 11.0. The third-order valence-corrected chi connectivity index (χ3v) is 3.33. The average molecular weight is 294 g/mol. The lowest BCUT2D eigenvalue weighted by molar-refractivity contribution is 0.0686. The third-order valence-electron chi connectivity index (χ3n) is 2.83. The van der Waals surface area contributed by atoms with Crippen LogP contribution in [0.5, 0.6) is 0 Å². The summed E-state index contributed by atoms with van der Waals surface area (Å²) in [4.78, 5) is 11.0. The molecule has 3 rings (SSSR count). The second kappa shape index (κ2) is 3.37. The predicted octanol–water partition coefficient (Wildman–Crippen LogP) is 3.39. The minimum atomic E-state index is -0.956. The molecule has 0 aliphatic carbocycles. The third kappa shape index (κ3) is 1.39. The lowest BCUT2D eigenvalue weighted by Gasteiger charge is -1.96. The maximum absolute atomic E-state index is 11.0. The largest absolute Gasteiger partial charge is 0.477 e. The first-order valence-corrected chi connectivity index (χ1v) is 5.78. The summed E-state index contributed by atoms with van der Waals surface area (Å²) in [5.74, 6) is -0.956. The monoisotopic (exact) mass is 293 g/mol. The molecule has 0 bridgehead atoms. The highest BCUT2D eigenvalue weighted by atomic mass is 79.9. The van der Waals surface area contributed by atoms with Crippen LogP contribution in [0.25, 0.3) is 22.1 Å². The molecule has 3 aromatic rings. The summed E-state index contributed by atoms with van der Waals surface area (Å²) >= 11 is 3.39. The summed E-state index contributed by atoms with van der Waals surface area (Å²) in [7, 11) is 1.68. The van der Waals surface area contributed by atoms with Gasteiger partial charge in [-0.25, -0.2) is 4.79 Å². The summed E-state index contributed by atoms with van der Waals surface area (Å²) in [5, 5.41) is 10.8. The van der Waals surface area contributed by atoms with E-state index in [1.54, 1.807) is 17.7 Å². The highest BCUT2D eigenvalue weighted by Crippen LogP contribution is 2.32. The number of aromatic carboxylic acids is 1. The van der Waals surface area contributed by atoms with Crippen LogP contribution in [0.2, 0.25) is 0 Å². The standard InChI is InChI=1S/C12H8BrNO3/c1-14-9(12(15)16)5-8-7-4-6(13)2-3-10(7)17-11(8)14/h2-5H,1H3,(H,15,16). The van der Waals surface area contributed by atoms with Gasteiger partial charge in [-0.2, -0.15) is 0 Å². The Balaban J connectivity index is 2.47. The SMILES string of the molecule is Cn1c(C(=O)O)cc2c3cc(Br)ccc3oc21. The molecule has 86 valence electrons. The minimum absolute atomic E-state index is 0.223. The topological polar surface area (TPSA) is 55.4 Å². The fourth-order valence-corrected chi connectivity index (χ4v) is 2.37. The van der Waals surface area contributed by atoms with Crippen LogP contribution in [0.1, 0.15) is 10.5 Å².